The fourth-order valence-corrected chi connectivity index (χ4v) is 16.0. The molecule has 434 valence electrons. The van der Waals surface area contributed by atoms with Crippen LogP contribution in [0.5, 0.6) is 0 Å². The lowest BCUT2D eigenvalue weighted by Crippen LogP contribution is -2.14. The summed E-state index contributed by atoms with van der Waals surface area (Å²) >= 11 is 0. The molecule has 0 unspecified atom stereocenters. The minimum atomic E-state index is -0.118. The first-order chi connectivity index (χ1) is 45.9. The van der Waals surface area contributed by atoms with Gasteiger partial charge >= 0.3 is 0 Å². The first-order valence-corrected chi connectivity index (χ1v) is 32.3. The van der Waals surface area contributed by atoms with Gasteiger partial charge in [0.25, 0.3) is 0 Å². The maximum absolute atomic E-state index is 7.01. The average Bonchev–Trinajstić information content (AvgIpc) is 1.72. The van der Waals surface area contributed by atoms with E-state index in [0.29, 0.717) is 0 Å². The van der Waals surface area contributed by atoms with Gasteiger partial charge in [0, 0.05) is 38.1 Å². The van der Waals surface area contributed by atoms with E-state index in [1.54, 1.807) is 0 Å². The van der Waals surface area contributed by atoms with Crippen LogP contribution in [0.15, 0.2) is 324 Å². The minimum Gasteiger partial charge on any atom is -0.455 e. The van der Waals surface area contributed by atoms with E-state index in [2.05, 4.69) is 329 Å². The molecule has 0 fully saturated rings. The van der Waals surface area contributed by atoms with Crippen LogP contribution in [0.4, 0.5) is 0 Å². The fourth-order valence-electron chi connectivity index (χ4n) is 16.0. The standard InChI is InChI=1S/C91H58O2/c1-91(2)79-33-17-14-22-65(79)66-49-48-62(54-80(66)91)64-51-53-78(88-76-32-16-19-35-82(76)93-90(64)88)86-73-29-12-8-25-69(73)84(70-26-9-13-30-74(70)86)61-46-42-58(43-47-61)56-38-36-55(37-39-56)57-40-44-59(45-41-57)63-50-52-77(87-75-31-15-18-34-81(75)92-89(63)87)85-71-27-10-6-23-67(71)83(60-20-4-3-5-21-60)68-24-7-11-28-72(68)85/h3-54H,1-2H3. The minimum absolute atomic E-state index is 0.118. The number of para-hydroxylation sites is 2. The monoisotopic (exact) mass is 1180 g/mol. The summed E-state index contributed by atoms with van der Waals surface area (Å²) in [5.74, 6) is 0. The molecule has 0 aliphatic heterocycles. The van der Waals surface area contributed by atoms with Gasteiger partial charge in [-0.15, -0.1) is 0 Å². The van der Waals surface area contributed by atoms with Crippen molar-refractivity contribution in [2.24, 2.45) is 0 Å². The Morgan fingerprint density at radius 1 is 0.204 bits per heavy atom. The SMILES string of the molecule is CC1(C)c2ccccc2-c2ccc(-c3ccc(-c4c5ccccc5c(-c5ccc(-c6ccc(-c7ccc(-c8ccc(-c9c%10ccccc%10c(-c%10ccccc%10)c%10ccccc9%10)c9c8oc8ccccc89)cc7)cc6)cc5)c5ccccc45)c4c3oc3ccccc34)cc21. The molecule has 0 atom stereocenters. The van der Waals surface area contributed by atoms with Gasteiger partial charge in [-0.2, -0.15) is 0 Å². The van der Waals surface area contributed by atoms with Gasteiger partial charge in [0.15, 0.2) is 0 Å². The van der Waals surface area contributed by atoms with Crippen molar-refractivity contribution < 1.29 is 8.83 Å². The number of rotatable bonds is 8. The van der Waals surface area contributed by atoms with Crippen molar-refractivity contribution in [3.8, 4) is 100 Å². The van der Waals surface area contributed by atoms with E-state index < -0.39 is 0 Å². The Kier molecular flexibility index (Phi) is 11.7. The summed E-state index contributed by atoms with van der Waals surface area (Å²) in [5, 5.41) is 14.2. The molecular formula is C91H58O2. The zero-order valence-corrected chi connectivity index (χ0v) is 51.3. The Bertz CT molecular complexity index is 5980. The molecule has 1 aliphatic carbocycles. The second-order valence-corrected chi connectivity index (χ2v) is 25.6. The van der Waals surface area contributed by atoms with Gasteiger partial charge in [-0.05, 0) is 174 Å². The van der Waals surface area contributed by atoms with E-state index in [-0.39, 0.29) is 5.41 Å². The molecule has 1 aliphatic rings. The maximum Gasteiger partial charge on any atom is 0.143 e. The van der Waals surface area contributed by atoms with E-state index in [4.69, 9.17) is 8.83 Å². The third-order valence-electron chi connectivity index (χ3n) is 20.3. The Hall–Kier alpha value is -11.8. The van der Waals surface area contributed by atoms with Gasteiger partial charge in [0.1, 0.15) is 22.3 Å². The van der Waals surface area contributed by atoms with Gasteiger partial charge in [0.2, 0.25) is 0 Å². The second kappa shape index (κ2) is 20.6. The summed E-state index contributed by atoms with van der Waals surface area (Å²) in [7, 11) is 0. The summed E-state index contributed by atoms with van der Waals surface area (Å²) in [5.41, 5.74) is 27.6. The van der Waals surface area contributed by atoms with Crippen LogP contribution in [0, 0.1) is 0 Å². The van der Waals surface area contributed by atoms with Crippen molar-refractivity contribution in [2.75, 3.05) is 0 Å². The van der Waals surface area contributed by atoms with Crippen molar-refractivity contribution >= 4 is 87.0 Å². The Morgan fingerprint density at radius 3 is 0.957 bits per heavy atom. The molecule has 19 rings (SSSR count). The van der Waals surface area contributed by atoms with Gasteiger partial charge in [-0.1, -0.05) is 299 Å². The smallest absolute Gasteiger partial charge is 0.143 e. The third-order valence-corrected chi connectivity index (χ3v) is 20.3. The van der Waals surface area contributed by atoms with E-state index >= 15 is 0 Å². The Balaban J connectivity index is 0.653. The molecule has 0 amide bonds. The van der Waals surface area contributed by atoms with Crippen molar-refractivity contribution in [3.63, 3.8) is 0 Å². The molecule has 93 heavy (non-hydrogen) atoms. The zero-order chi connectivity index (χ0) is 61.5. The average molecular weight is 1180 g/mol. The Labute approximate surface area is 538 Å². The topological polar surface area (TPSA) is 26.3 Å². The van der Waals surface area contributed by atoms with Crippen LogP contribution in [0.1, 0.15) is 25.0 Å². The van der Waals surface area contributed by atoms with Gasteiger partial charge < -0.3 is 8.83 Å². The molecule has 18 aromatic rings. The highest BCUT2D eigenvalue weighted by molar-refractivity contribution is 6.29. The Morgan fingerprint density at radius 2 is 0.505 bits per heavy atom. The van der Waals surface area contributed by atoms with Crippen LogP contribution in [-0.2, 0) is 5.41 Å². The highest BCUT2D eigenvalue weighted by atomic mass is 16.3. The fraction of sp³-hybridized carbons (Fsp3) is 0.0330. The molecule has 0 saturated heterocycles. The molecule has 0 spiro atoms. The zero-order valence-electron chi connectivity index (χ0n) is 51.3. The van der Waals surface area contributed by atoms with Crippen LogP contribution < -0.4 is 0 Å². The summed E-state index contributed by atoms with van der Waals surface area (Å²) < 4.78 is 13.9. The van der Waals surface area contributed by atoms with E-state index in [9.17, 15) is 0 Å². The predicted molar refractivity (Wildman–Crippen MR) is 392 cm³/mol. The molecule has 2 heteroatoms. The molecule has 0 radical (unpaired) electrons. The lowest BCUT2D eigenvalue weighted by molar-refractivity contribution is 0.660. The maximum atomic E-state index is 7.01. The van der Waals surface area contributed by atoms with Crippen molar-refractivity contribution in [1.82, 2.24) is 0 Å². The molecule has 2 heterocycles. The number of fused-ring (bicyclic) bond motifs is 13. The van der Waals surface area contributed by atoms with Crippen molar-refractivity contribution in [2.45, 2.75) is 19.3 Å². The van der Waals surface area contributed by atoms with Crippen LogP contribution in [0.3, 0.4) is 0 Å². The highest BCUT2D eigenvalue weighted by Crippen LogP contribution is 2.54. The molecular weight excluding hydrogens is 1120 g/mol. The van der Waals surface area contributed by atoms with Gasteiger partial charge in [-0.25, -0.2) is 0 Å². The molecule has 2 aromatic heterocycles. The lowest BCUT2D eigenvalue weighted by atomic mass is 9.81. The summed E-state index contributed by atoms with van der Waals surface area (Å²) in [6.45, 7) is 4.70. The molecule has 0 saturated carbocycles. The highest BCUT2D eigenvalue weighted by Gasteiger charge is 2.36. The van der Waals surface area contributed by atoms with Crippen LogP contribution in [0.25, 0.3) is 187 Å². The van der Waals surface area contributed by atoms with Crippen LogP contribution in [0.2, 0.25) is 0 Å². The second-order valence-electron chi connectivity index (χ2n) is 25.6. The first kappa shape index (κ1) is 53.0. The lowest BCUT2D eigenvalue weighted by Gasteiger charge is -2.22. The predicted octanol–water partition coefficient (Wildman–Crippen LogP) is 25.7. The number of hydrogen-bond donors (Lipinski definition) is 0. The summed E-state index contributed by atoms with van der Waals surface area (Å²) in [4.78, 5) is 0. The van der Waals surface area contributed by atoms with E-state index in [1.807, 2.05) is 0 Å². The molecule has 0 bridgehead atoms. The number of benzene rings is 16. The van der Waals surface area contributed by atoms with Crippen LogP contribution in [-0.4, -0.2) is 0 Å². The summed E-state index contributed by atoms with van der Waals surface area (Å²) in [6.07, 6.45) is 0. The van der Waals surface area contributed by atoms with Crippen molar-refractivity contribution in [1.29, 1.82) is 0 Å². The van der Waals surface area contributed by atoms with Crippen LogP contribution >= 0.6 is 0 Å². The van der Waals surface area contributed by atoms with E-state index in [1.165, 1.54) is 121 Å². The normalized spacial score (nSPS) is 12.7. The largest absolute Gasteiger partial charge is 0.455 e. The number of furan rings is 2. The van der Waals surface area contributed by atoms with E-state index in [0.717, 1.165) is 77.3 Å². The first-order valence-electron chi connectivity index (χ1n) is 32.3. The van der Waals surface area contributed by atoms with Crippen molar-refractivity contribution in [3.05, 3.63) is 327 Å². The summed E-state index contributed by atoms with van der Waals surface area (Å²) in [6, 6.07) is 116. The third kappa shape index (κ3) is 8.08. The molecule has 16 aromatic carbocycles. The molecule has 0 N–H and O–H groups in total. The molecule has 2 nitrogen and oxygen atoms in total. The quantitative estimate of drug-likeness (QED) is 0.142. The van der Waals surface area contributed by atoms with Gasteiger partial charge in [-0.3, -0.25) is 0 Å². The van der Waals surface area contributed by atoms with Gasteiger partial charge in [0.05, 0.1) is 0 Å². The number of hydrogen-bond acceptors (Lipinski definition) is 2.